The number of carbonyl (C=O) groups excluding carboxylic acids is 3. The molecule has 0 aliphatic rings. The topological polar surface area (TPSA) is 151 Å². The summed E-state index contributed by atoms with van der Waals surface area (Å²) in [4.78, 5) is 50.7. The van der Waals surface area contributed by atoms with Gasteiger partial charge in [0.05, 0.1) is 6.04 Å². The molecule has 3 amide bonds. The summed E-state index contributed by atoms with van der Waals surface area (Å²) in [7, 11) is 0. The van der Waals surface area contributed by atoms with Gasteiger partial charge in [-0.2, -0.15) is 11.8 Å². The fourth-order valence-corrected chi connectivity index (χ4v) is 4.13. The minimum atomic E-state index is -1.12. The van der Waals surface area contributed by atoms with Crippen LogP contribution in [-0.4, -0.2) is 65.0 Å². The minimum absolute atomic E-state index is 0.0615. The van der Waals surface area contributed by atoms with E-state index in [1.807, 2.05) is 57.4 Å². The second-order valence-electron chi connectivity index (χ2n) is 9.54. The van der Waals surface area contributed by atoms with Crippen molar-refractivity contribution in [3.05, 3.63) is 35.9 Å². The first-order valence-corrected chi connectivity index (χ1v) is 13.8. The minimum Gasteiger partial charge on any atom is -0.480 e. The van der Waals surface area contributed by atoms with Crippen LogP contribution < -0.4 is 21.7 Å². The Balaban J connectivity index is 2.96. The van der Waals surface area contributed by atoms with Gasteiger partial charge in [0.15, 0.2) is 0 Å². The highest BCUT2D eigenvalue weighted by molar-refractivity contribution is 7.98. The average Bonchev–Trinajstić information content (AvgIpc) is 2.83. The summed E-state index contributed by atoms with van der Waals surface area (Å²) >= 11 is 1.53. The van der Waals surface area contributed by atoms with Crippen LogP contribution in [0.25, 0.3) is 0 Å². The van der Waals surface area contributed by atoms with Crippen molar-refractivity contribution in [2.75, 3.05) is 12.0 Å². The lowest BCUT2D eigenvalue weighted by atomic mass is 9.97. The van der Waals surface area contributed by atoms with Crippen molar-refractivity contribution in [1.82, 2.24) is 16.0 Å². The zero-order valence-corrected chi connectivity index (χ0v) is 22.8. The van der Waals surface area contributed by atoms with E-state index in [1.54, 1.807) is 6.92 Å². The number of carbonyl (C=O) groups is 4. The van der Waals surface area contributed by atoms with Crippen LogP contribution in [0.5, 0.6) is 0 Å². The van der Waals surface area contributed by atoms with E-state index in [2.05, 4.69) is 16.0 Å². The molecule has 0 fully saturated rings. The summed E-state index contributed by atoms with van der Waals surface area (Å²) in [6.07, 6.45) is 3.48. The van der Waals surface area contributed by atoms with Crippen LogP contribution in [0.15, 0.2) is 30.3 Å². The second-order valence-corrected chi connectivity index (χ2v) is 10.5. The third-order valence-corrected chi connectivity index (χ3v) is 6.64. The van der Waals surface area contributed by atoms with E-state index in [-0.39, 0.29) is 11.8 Å². The van der Waals surface area contributed by atoms with E-state index in [1.165, 1.54) is 11.8 Å². The van der Waals surface area contributed by atoms with Gasteiger partial charge in [0.2, 0.25) is 17.7 Å². The Hall–Kier alpha value is -2.59. The molecule has 0 aromatic heterocycles. The van der Waals surface area contributed by atoms with Gasteiger partial charge in [-0.3, -0.25) is 14.4 Å². The van der Waals surface area contributed by atoms with Gasteiger partial charge >= 0.3 is 5.97 Å². The lowest BCUT2D eigenvalue weighted by Crippen LogP contribution is -2.58. The van der Waals surface area contributed by atoms with Crippen molar-refractivity contribution in [2.45, 2.75) is 77.5 Å². The first-order chi connectivity index (χ1) is 17.0. The molecule has 0 saturated carbocycles. The molecule has 1 rings (SSSR count). The SMILES string of the molecule is CCC(C)C(NC(=O)C(CC(C)C)NC(=O)C(CCSC)NC(=O)C(N)Cc1ccccc1)C(=O)O. The van der Waals surface area contributed by atoms with E-state index in [4.69, 9.17) is 5.73 Å². The van der Waals surface area contributed by atoms with E-state index in [0.29, 0.717) is 31.4 Å². The molecular weight excluding hydrogens is 480 g/mol. The van der Waals surface area contributed by atoms with Crippen LogP contribution in [-0.2, 0) is 25.6 Å². The highest BCUT2D eigenvalue weighted by atomic mass is 32.2. The number of thioether (sulfide) groups is 1. The maximum Gasteiger partial charge on any atom is 0.326 e. The first kappa shape index (κ1) is 31.4. The predicted molar refractivity (Wildman–Crippen MR) is 143 cm³/mol. The van der Waals surface area contributed by atoms with Gasteiger partial charge in [0.25, 0.3) is 0 Å². The van der Waals surface area contributed by atoms with Crippen LogP contribution in [0, 0.1) is 11.8 Å². The summed E-state index contributed by atoms with van der Waals surface area (Å²) in [5.41, 5.74) is 7.01. The smallest absolute Gasteiger partial charge is 0.326 e. The Morgan fingerprint density at radius 1 is 0.944 bits per heavy atom. The third kappa shape index (κ3) is 11.0. The molecule has 202 valence electrons. The van der Waals surface area contributed by atoms with Crippen LogP contribution in [0.4, 0.5) is 0 Å². The van der Waals surface area contributed by atoms with Crippen LogP contribution >= 0.6 is 11.8 Å². The van der Waals surface area contributed by atoms with Gasteiger partial charge in [0, 0.05) is 0 Å². The molecule has 36 heavy (non-hydrogen) atoms. The molecule has 1 aromatic carbocycles. The summed E-state index contributed by atoms with van der Waals surface area (Å²) in [6, 6.07) is 5.66. The number of nitrogens with one attached hydrogen (secondary N) is 3. The number of amides is 3. The molecule has 6 N–H and O–H groups in total. The molecule has 0 aliphatic carbocycles. The Bertz CT molecular complexity index is 852. The lowest BCUT2D eigenvalue weighted by molar-refractivity contribution is -0.144. The standard InChI is InChI=1S/C26H42N4O5S/c1-6-17(4)22(26(34)35)30-25(33)21(14-16(2)3)29-24(32)20(12-13-36-5)28-23(31)19(27)15-18-10-8-7-9-11-18/h7-11,16-17,19-22H,6,12-15,27H2,1-5H3,(H,28,31)(H,29,32)(H,30,33)(H,34,35). The Morgan fingerprint density at radius 3 is 2.06 bits per heavy atom. The van der Waals surface area contributed by atoms with Crippen LogP contribution in [0.1, 0.15) is 52.5 Å². The van der Waals surface area contributed by atoms with Gasteiger partial charge in [-0.1, -0.05) is 64.4 Å². The average molecular weight is 523 g/mol. The number of carboxylic acid groups (broad SMARTS) is 1. The Morgan fingerprint density at radius 2 is 1.53 bits per heavy atom. The number of benzene rings is 1. The Labute approximate surface area is 218 Å². The molecule has 5 atom stereocenters. The first-order valence-electron chi connectivity index (χ1n) is 12.4. The van der Waals surface area contributed by atoms with Gasteiger partial charge in [-0.25, -0.2) is 4.79 Å². The van der Waals surface area contributed by atoms with Crippen molar-refractivity contribution in [2.24, 2.45) is 17.6 Å². The van der Waals surface area contributed by atoms with Crippen LogP contribution in [0.2, 0.25) is 0 Å². The summed E-state index contributed by atoms with van der Waals surface area (Å²) < 4.78 is 0. The van der Waals surface area contributed by atoms with E-state index < -0.39 is 47.9 Å². The fourth-order valence-electron chi connectivity index (χ4n) is 3.66. The molecule has 0 bridgehead atoms. The molecule has 0 spiro atoms. The zero-order valence-electron chi connectivity index (χ0n) is 22.0. The van der Waals surface area contributed by atoms with Gasteiger partial charge in [-0.15, -0.1) is 0 Å². The largest absolute Gasteiger partial charge is 0.480 e. The third-order valence-electron chi connectivity index (χ3n) is 6.00. The molecule has 5 unspecified atom stereocenters. The zero-order chi connectivity index (χ0) is 27.3. The lowest BCUT2D eigenvalue weighted by Gasteiger charge is -2.27. The Kier molecular flexibility index (Phi) is 14.2. The number of aliphatic carboxylic acids is 1. The van der Waals surface area contributed by atoms with E-state index in [0.717, 1.165) is 5.56 Å². The monoisotopic (exact) mass is 522 g/mol. The molecular formula is C26H42N4O5S. The number of hydrogen-bond donors (Lipinski definition) is 5. The second kappa shape index (κ2) is 16.2. The van der Waals surface area contributed by atoms with E-state index in [9.17, 15) is 24.3 Å². The quantitative estimate of drug-likeness (QED) is 0.223. The molecule has 0 heterocycles. The number of carboxylic acids is 1. The number of rotatable bonds is 16. The maximum atomic E-state index is 13.2. The molecule has 1 aromatic rings. The normalized spacial score (nSPS) is 15.3. The van der Waals surface area contributed by atoms with E-state index >= 15 is 0 Å². The molecule has 0 aliphatic heterocycles. The van der Waals surface area contributed by atoms with Crippen molar-refractivity contribution in [3.63, 3.8) is 0 Å². The maximum absolute atomic E-state index is 13.2. The summed E-state index contributed by atoms with van der Waals surface area (Å²) in [6.45, 7) is 7.42. The predicted octanol–water partition coefficient (Wildman–Crippen LogP) is 1.94. The highest BCUT2D eigenvalue weighted by Crippen LogP contribution is 2.12. The van der Waals surface area contributed by atoms with Gasteiger partial charge in [0.1, 0.15) is 18.1 Å². The summed E-state index contributed by atoms with van der Waals surface area (Å²) in [5, 5.41) is 17.6. The molecule has 10 heteroatoms. The van der Waals surface area contributed by atoms with Crippen molar-refractivity contribution in [3.8, 4) is 0 Å². The highest BCUT2D eigenvalue weighted by Gasteiger charge is 2.32. The van der Waals surface area contributed by atoms with Crippen molar-refractivity contribution < 1.29 is 24.3 Å². The van der Waals surface area contributed by atoms with Crippen LogP contribution in [0.3, 0.4) is 0 Å². The summed E-state index contributed by atoms with van der Waals surface area (Å²) in [5.74, 6) is -2.23. The molecule has 0 saturated heterocycles. The fraction of sp³-hybridized carbons (Fsp3) is 0.615. The van der Waals surface area contributed by atoms with Gasteiger partial charge < -0.3 is 26.8 Å². The van der Waals surface area contributed by atoms with Crippen molar-refractivity contribution >= 4 is 35.5 Å². The number of nitrogens with two attached hydrogens (primary N) is 1. The number of hydrogen-bond acceptors (Lipinski definition) is 6. The molecule has 9 nitrogen and oxygen atoms in total. The molecule has 0 radical (unpaired) electrons. The van der Waals surface area contributed by atoms with Gasteiger partial charge in [-0.05, 0) is 48.7 Å². The van der Waals surface area contributed by atoms with Crippen molar-refractivity contribution in [1.29, 1.82) is 0 Å².